The van der Waals surface area contributed by atoms with Crippen LogP contribution in [0.3, 0.4) is 0 Å². The van der Waals surface area contributed by atoms with Crippen LogP contribution in [0.4, 0.5) is 5.82 Å². The molecule has 0 aliphatic carbocycles. The normalized spacial score (nSPS) is 10.1. The maximum Gasteiger partial charge on any atom is 0.225 e. The smallest absolute Gasteiger partial charge is 0.225 e. The van der Waals surface area contributed by atoms with Crippen molar-refractivity contribution in [2.24, 2.45) is 0 Å². The molecule has 5 heteroatoms. The average molecular weight is 292 g/mol. The molecule has 0 saturated heterocycles. The summed E-state index contributed by atoms with van der Waals surface area (Å²) >= 11 is 8.81. The van der Waals surface area contributed by atoms with E-state index < -0.39 is 0 Å². The van der Waals surface area contributed by atoms with E-state index >= 15 is 0 Å². The minimum absolute atomic E-state index is 0.0476. The Bertz CT molecular complexity index is 357. The SMILES string of the molecule is Cc1cc(Br)cnc1NC(=O)CCCCl. The van der Waals surface area contributed by atoms with Gasteiger partial charge in [-0.3, -0.25) is 4.79 Å². The maximum atomic E-state index is 11.4. The van der Waals surface area contributed by atoms with Gasteiger partial charge in [0.05, 0.1) is 0 Å². The largest absolute Gasteiger partial charge is 0.310 e. The molecule has 0 aromatic carbocycles. The van der Waals surface area contributed by atoms with Crippen molar-refractivity contribution < 1.29 is 4.79 Å². The summed E-state index contributed by atoms with van der Waals surface area (Å²) in [6, 6.07) is 1.91. The molecule has 1 aromatic rings. The summed E-state index contributed by atoms with van der Waals surface area (Å²) in [5.74, 6) is 1.06. The first kappa shape index (κ1) is 12.5. The van der Waals surface area contributed by atoms with E-state index in [1.807, 2.05) is 13.0 Å². The molecule has 15 heavy (non-hydrogen) atoms. The molecule has 82 valence electrons. The topological polar surface area (TPSA) is 42.0 Å². The van der Waals surface area contributed by atoms with Crippen LogP contribution in [0, 0.1) is 6.92 Å². The Morgan fingerprint density at radius 1 is 1.67 bits per heavy atom. The number of halogens is 2. The number of hydrogen-bond donors (Lipinski definition) is 1. The van der Waals surface area contributed by atoms with E-state index in [9.17, 15) is 4.79 Å². The number of pyridine rings is 1. The summed E-state index contributed by atoms with van der Waals surface area (Å²) in [6.45, 7) is 1.90. The molecule has 0 spiro atoms. The molecule has 0 saturated carbocycles. The highest BCUT2D eigenvalue weighted by Crippen LogP contribution is 2.16. The maximum absolute atomic E-state index is 11.4. The molecule has 1 heterocycles. The minimum Gasteiger partial charge on any atom is -0.310 e. The number of aromatic nitrogens is 1. The first-order valence-corrected chi connectivity index (χ1v) is 5.94. The Balaban J connectivity index is 2.60. The van der Waals surface area contributed by atoms with Crippen LogP contribution in [0.5, 0.6) is 0 Å². The highest BCUT2D eigenvalue weighted by Gasteiger charge is 2.05. The second kappa shape index (κ2) is 6.08. The van der Waals surface area contributed by atoms with Gasteiger partial charge in [0.15, 0.2) is 0 Å². The fourth-order valence-corrected chi connectivity index (χ4v) is 1.67. The van der Waals surface area contributed by atoms with Gasteiger partial charge in [-0.2, -0.15) is 0 Å². The number of nitrogens with one attached hydrogen (secondary N) is 1. The highest BCUT2D eigenvalue weighted by molar-refractivity contribution is 9.10. The fraction of sp³-hybridized carbons (Fsp3) is 0.400. The Morgan fingerprint density at radius 3 is 3.00 bits per heavy atom. The van der Waals surface area contributed by atoms with Crippen molar-refractivity contribution in [3.05, 3.63) is 22.3 Å². The van der Waals surface area contributed by atoms with Gasteiger partial charge in [-0.15, -0.1) is 11.6 Å². The van der Waals surface area contributed by atoms with Crippen LogP contribution < -0.4 is 5.32 Å². The summed E-state index contributed by atoms with van der Waals surface area (Å²) in [5, 5.41) is 2.74. The van der Waals surface area contributed by atoms with E-state index in [4.69, 9.17) is 11.6 Å². The minimum atomic E-state index is -0.0476. The monoisotopic (exact) mass is 290 g/mol. The molecule has 1 N–H and O–H groups in total. The Hall–Kier alpha value is -0.610. The van der Waals surface area contributed by atoms with Crippen LogP contribution in [0.15, 0.2) is 16.7 Å². The zero-order chi connectivity index (χ0) is 11.3. The van der Waals surface area contributed by atoms with Crippen molar-refractivity contribution in [2.45, 2.75) is 19.8 Å². The zero-order valence-electron chi connectivity index (χ0n) is 8.39. The lowest BCUT2D eigenvalue weighted by Gasteiger charge is -2.06. The Labute approximate surface area is 102 Å². The first-order chi connectivity index (χ1) is 7.13. The molecular weight excluding hydrogens is 279 g/mol. The number of anilines is 1. The lowest BCUT2D eigenvalue weighted by Crippen LogP contribution is -2.13. The van der Waals surface area contributed by atoms with Gasteiger partial charge in [0.1, 0.15) is 5.82 Å². The number of aryl methyl sites for hydroxylation is 1. The molecule has 0 aliphatic heterocycles. The molecule has 0 bridgehead atoms. The predicted molar refractivity (Wildman–Crippen MR) is 65.3 cm³/mol. The molecule has 1 amide bonds. The summed E-state index contributed by atoms with van der Waals surface area (Å²) in [7, 11) is 0. The standard InChI is InChI=1S/C10H12BrClN2O/c1-7-5-8(11)6-13-10(7)14-9(15)3-2-4-12/h5-6H,2-4H2,1H3,(H,13,14,15). The molecule has 0 radical (unpaired) electrons. The highest BCUT2D eigenvalue weighted by atomic mass is 79.9. The quantitative estimate of drug-likeness (QED) is 0.866. The van der Waals surface area contributed by atoms with Crippen LogP contribution in [-0.2, 0) is 4.79 Å². The van der Waals surface area contributed by atoms with Gasteiger partial charge < -0.3 is 5.32 Å². The van der Waals surface area contributed by atoms with Crippen molar-refractivity contribution in [1.29, 1.82) is 0 Å². The van der Waals surface area contributed by atoms with Gasteiger partial charge in [-0.05, 0) is 40.9 Å². The van der Waals surface area contributed by atoms with Gasteiger partial charge in [0.2, 0.25) is 5.91 Å². The summed E-state index contributed by atoms with van der Waals surface area (Å²) in [5.41, 5.74) is 0.934. The first-order valence-electron chi connectivity index (χ1n) is 4.61. The molecular formula is C10H12BrClN2O. The summed E-state index contributed by atoms with van der Waals surface area (Å²) in [4.78, 5) is 15.5. The van der Waals surface area contributed by atoms with E-state index in [1.165, 1.54) is 0 Å². The van der Waals surface area contributed by atoms with Crippen molar-refractivity contribution in [3.63, 3.8) is 0 Å². The summed E-state index contributed by atoms with van der Waals surface area (Å²) in [6.07, 6.45) is 2.77. The van der Waals surface area contributed by atoms with E-state index in [-0.39, 0.29) is 5.91 Å². The van der Waals surface area contributed by atoms with Crippen LogP contribution >= 0.6 is 27.5 Å². The van der Waals surface area contributed by atoms with Crippen LogP contribution in [0.1, 0.15) is 18.4 Å². The summed E-state index contributed by atoms with van der Waals surface area (Å²) < 4.78 is 0.902. The van der Waals surface area contributed by atoms with E-state index in [0.29, 0.717) is 24.5 Å². The van der Waals surface area contributed by atoms with Crippen molar-refractivity contribution >= 4 is 39.3 Å². The van der Waals surface area contributed by atoms with Crippen molar-refractivity contribution in [2.75, 3.05) is 11.2 Å². The van der Waals surface area contributed by atoms with Crippen molar-refractivity contribution in [3.8, 4) is 0 Å². The third-order valence-electron chi connectivity index (χ3n) is 1.84. The predicted octanol–water partition coefficient (Wildman–Crippen LogP) is 3.11. The lowest BCUT2D eigenvalue weighted by atomic mass is 10.2. The number of rotatable bonds is 4. The second-order valence-electron chi connectivity index (χ2n) is 3.16. The fourth-order valence-electron chi connectivity index (χ4n) is 1.09. The third-order valence-corrected chi connectivity index (χ3v) is 2.54. The van der Waals surface area contributed by atoms with Crippen molar-refractivity contribution in [1.82, 2.24) is 4.98 Å². The Kier molecular flexibility index (Phi) is 5.05. The molecule has 1 aromatic heterocycles. The number of alkyl halides is 1. The number of amides is 1. The number of nitrogens with zero attached hydrogens (tertiary/aromatic N) is 1. The van der Waals surface area contributed by atoms with E-state index in [1.54, 1.807) is 6.20 Å². The van der Waals surface area contributed by atoms with Crippen LogP contribution in [0.2, 0.25) is 0 Å². The van der Waals surface area contributed by atoms with Crippen LogP contribution in [-0.4, -0.2) is 16.8 Å². The number of carbonyl (C=O) groups excluding carboxylic acids is 1. The molecule has 0 fully saturated rings. The molecule has 0 atom stereocenters. The molecule has 1 rings (SSSR count). The van der Waals surface area contributed by atoms with Gasteiger partial charge in [-0.1, -0.05) is 0 Å². The second-order valence-corrected chi connectivity index (χ2v) is 4.45. The van der Waals surface area contributed by atoms with E-state index in [0.717, 1.165) is 10.0 Å². The molecule has 3 nitrogen and oxygen atoms in total. The Morgan fingerprint density at radius 2 is 2.40 bits per heavy atom. The zero-order valence-corrected chi connectivity index (χ0v) is 10.7. The third kappa shape index (κ3) is 4.18. The molecule has 0 unspecified atom stereocenters. The van der Waals surface area contributed by atoms with Gasteiger partial charge >= 0.3 is 0 Å². The van der Waals surface area contributed by atoms with Crippen LogP contribution in [0.25, 0.3) is 0 Å². The lowest BCUT2D eigenvalue weighted by molar-refractivity contribution is -0.116. The van der Waals surface area contributed by atoms with Gasteiger partial charge in [-0.25, -0.2) is 4.98 Å². The van der Waals surface area contributed by atoms with Gasteiger partial charge in [0.25, 0.3) is 0 Å². The average Bonchev–Trinajstić information content (AvgIpc) is 2.19. The van der Waals surface area contributed by atoms with E-state index in [2.05, 4.69) is 26.2 Å². The van der Waals surface area contributed by atoms with Gasteiger partial charge in [0, 0.05) is 23.0 Å². The number of hydrogen-bond acceptors (Lipinski definition) is 2. The number of carbonyl (C=O) groups is 1. The molecule has 0 aliphatic rings.